The van der Waals surface area contributed by atoms with Crippen molar-refractivity contribution in [3.05, 3.63) is 47.8 Å². The summed E-state index contributed by atoms with van der Waals surface area (Å²) in [6, 6.07) is 9.39. The number of nitrogens with one attached hydrogen (secondary N) is 1. The number of aryl methyl sites for hydroxylation is 1. The van der Waals surface area contributed by atoms with Gasteiger partial charge < -0.3 is 15.2 Å². The fourth-order valence-corrected chi connectivity index (χ4v) is 2.57. The van der Waals surface area contributed by atoms with Gasteiger partial charge >= 0.3 is 5.97 Å². The minimum Gasteiger partial charge on any atom is -0.479 e. The van der Waals surface area contributed by atoms with Gasteiger partial charge in [-0.2, -0.15) is 5.10 Å². The van der Waals surface area contributed by atoms with Crippen molar-refractivity contribution in [3.63, 3.8) is 0 Å². The molecule has 3 rings (SSSR count). The zero-order valence-corrected chi connectivity index (χ0v) is 12.7. The molecule has 0 radical (unpaired) electrons. The van der Waals surface area contributed by atoms with Crippen LogP contribution in [0, 0.1) is 6.92 Å². The van der Waals surface area contributed by atoms with Gasteiger partial charge in [0.25, 0.3) is 5.91 Å². The number of carboxylic acids is 1. The first kappa shape index (κ1) is 15.2. The van der Waals surface area contributed by atoms with E-state index >= 15 is 0 Å². The minimum absolute atomic E-state index is 0.0278. The molecule has 1 fully saturated rings. The Kier molecular flexibility index (Phi) is 3.87. The van der Waals surface area contributed by atoms with Crippen LogP contribution in [0.5, 0.6) is 0 Å². The summed E-state index contributed by atoms with van der Waals surface area (Å²) in [5, 5.41) is 16.3. The molecule has 120 valence electrons. The van der Waals surface area contributed by atoms with Crippen molar-refractivity contribution in [1.82, 2.24) is 15.1 Å². The van der Waals surface area contributed by atoms with Crippen LogP contribution in [0.2, 0.25) is 0 Å². The van der Waals surface area contributed by atoms with E-state index in [4.69, 9.17) is 4.74 Å². The van der Waals surface area contributed by atoms with Gasteiger partial charge in [0.15, 0.2) is 5.54 Å². The summed E-state index contributed by atoms with van der Waals surface area (Å²) in [4.78, 5) is 24.0. The molecule has 0 bridgehead atoms. The lowest BCUT2D eigenvalue weighted by Crippen LogP contribution is -2.55. The molecule has 2 N–H and O–H groups in total. The predicted molar refractivity (Wildman–Crippen MR) is 81.6 cm³/mol. The van der Waals surface area contributed by atoms with Gasteiger partial charge in [0.2, 0.25) is 0 Å². The predicted octanol–water partition coefficient (Wildman–Crippen LogP) is 1.15. The number of nitrogens with zero attached hydrogens (tertiary/aromatic N) is 2. The maximum absolute atomic E-state index is 12.5. The highest BCUT2D eigenvalue weighted by molar-refractivity contribution is 5.98. The number of carbonyl (C=O) groups excluding carboxylic acids is 1. The molecule has 0 saturated carbocycles. The first-order valence-electron chi connectivity index (χ1n) is 7.27. The zero-order valence-electron chi connectivity index (χ0n) is 12.7. The monoisotopic (exact) mass is 315 g/mol. The van der Waals surface area contributed by atoms with Crippen molar-refractivity contribution in [2.75, 3.05) is 13.2 Å². The van der Waals surface area contributed by atoms with E-state index in [1.807, 2.05) is 30.3 Å². The molecule has 1 aliphatic heterocycles. The number of carbonyl (C=O) groups is 2. The second-order valence-corrected chi connectivity index (χ2v) is 5.55. The second kappa shape index (κ2) is 5.85. The number of aromatic nitrogens is 2. The van der Waals surface area contributed by atoms with Crippen LogP contribution in [0.3, 0.4) is 0 Å². The smallest absolute Gasteiger partial charge is 0.331 e. The topological polar surface area (TPSA) is 93.5 Å². The third-order valence-electron chi connectivity index (χ3n) is 3.95. The molecule has 1 amide bonds. The number of hydrogen-bond donors (Lipinski definition) is 2. The fourth-order valence-electron chi connectivity index (χ4n) is 2.57. The van der Waals surface area contributed by atoms with Crippen LogP contribution in [0.4, 0.5) is 0 Å². The molecule has 2 aromatic rings. The highest BCUT2D eigenvalue weighted by atomic mass is 16.5. The van der Waals surface area contributed by atoms with Gasteiger partial charge in [0, 0.05) is 19.2 Å². The standard InChI is InChI=1S/C16H17N3O4/c1-11-13(9-19(18-11)12-5-3-2-4-6-12)14(20)17-16(15(21)22)7-8-23-10-16/h2-6,9H,7-8,10H2,1H3,(H,17,20)(H,21,22). The van der Waals surface area contributed by atoms with Crippen molar-refractivity contribution >= 4 is 11.9 Å². The summed E-state index contributed by atoms with van der Waals surface area (Å²) in [5.74, 6) is -1.55. The van der Waals surface area contributed by atoms with Crippen LogP contribution >= 0.6 is 0 Å². The number of ether oxygens (including phenoxy) is 1. The Morgan fingerprint density at radius 2 is 2.09 bits per heavy atom. The Morgan fingerprint density at radius 3 is 2.70 bits per heavy atom. The molecule has 7 nitrogen and oxygen atoms in total. The first-order valence-corrected chi connectivity index (χ1v) is 7.27. The van der Waals surface area contributed by atoms with Crippen molar-refractivity contribution in [2.24, 2.45) is 0 Å². The van der Waals surface area contributed by atoms with Gasteiger partial charge in [-0.3, -0.25) is 4.79 Å². The van der Waals surface area contributed by atoms with Crippen LogP contribution in [0.25, 0.3) is 5.69 Å². The van der Waals surface area contributed by atoms with Crippen molar-refractivity contribution in [1.29, 1.82) is 0 Å². The van der Waals surface area contributed by atoms with E-state index in [1.165, 1.54) is 0 Å². The molecule has 0 aliphatic carbocycles. The maximum Gasteiger partial charge on any atom is 0.331 e. The van der Waals surface area contributed by atoms with Crippen LogP contribution in [0.15, 0.2) is 36.5 Å². The Balaban J connectivity index is 1.86. The van der Waals surface area contributed by atoms with E-state index in [0.29, 0.717) is 17.9 Å². The van der Waals surface area contributed by atoms with Crippen LogP contribution < -0.4 is 5.32 Å². The maximum atomic E-state index is 12.5. The Bertz CT molecular complexity index is 733. The number of carboxylic acid groups (broad SMARTS) is 1. The Morgan fingerprint density at radius 1 is 1.35 bits per heavy atom. The van der Waals surface area contributed by atoms with Crippen LogP contribution in [-0.4, -0.2) is 45.5 Å². The first-order chi connectivity index (χ1) is 11.0. The molecule has 7 heteroatoms. The Labute approximate surface area is 132 Å². The van der Waals surface area contributed by atoms with Crippen molar-refractivity contribution in [3.8, 4) is 5.69 Å². The summed E-state index contributed by atoms with van der Waals surface area (Å²) in [5.41, 5.74) is 0.345. The summed E-state index contributed by atoms with van der Waals surface area (Å²) >= 11 is 0. The number of hydrogen-bond acceptors (Lipinski definition) is 4. The summed E-state index contributed by atoms with van der Waals surface area (Å²) in [7, 11) is 0. The summed E-state index contributed by atoms with van der Waals surface area (Å²) in [6.45, 7) is 2.00. The third kappa shape index (κ3) is 2.83. The van der Waals surface area contributed by atoms with Gasteiger partial charge in [-0.15, -0.1) is 0 Å². The highest BCUT2D eigenvalue weighted by Gasteiger charge is 2.44. The van der Waals surface area contributed by atoms with E-state index in [2.05, 4.69) is 10.4 Å². The molecule has 2 heterocycles. The molecule has 1 aromatic carbocycles. The number of amides is 1. The second-order valence-electron chi connectivity index (χ2n) is 5.55. The van der Waals surface area contributed by atoms with Gasteiger partial charge in [-0.1, -0.05) is 18.2 Å². The molecule has 1 unspecified atom stereocenters. The van der Waals surface area contributed by atoms with Crippen LogP contribution in [-0.2, 0) is 9.53 Å². The van der Waals surface area contributed by atoms with Crippen LogP contribution in [0.1, 0.15) is 22.5 Å². The number of benzene rings is 1. The van der Waals surface area contributed by atoms with E-state index in [0.717, 1.165) is 5.69 Å². The van der Waals surface area contributed by atoms with Gasteiger partial charge in [0.1, 0.15) is 0 Å². The van der Waals surface area contributed by atoms with E-state index in [-0.39, 0.29) is 13.0 Å². The van der Waals surface area contributed by atoms with Crippen molar-refractivity contribution < 1.29 is 19.4 Å². The van der Waals surface area contributed by atoms with Gasteiger partial charge in [-0.05, 0) is 19.1 Å². The Hall–Kier alpha value is -2.67. The molecular formula is C16H17N3O4. The largest absolute Gasteiger partial charge is 0.479 e. The summed E-state index contributed by atoms with van der Waals surface area (Å²) in [6.07, 6.45) is 1.85. The molecule has 1 saturated heterocycles. The van der Waals surface area contributed by atoms with E-state index < -0.39 is 17.4 Å². The average molecular weight is 315 g/mol. The minimum atomic E-state index is -1.36. The van der Waals surface area contributed by atoms with Gasteiger partial charge in [0.05, 0.1) is 23.6 Å². The number of para-hydroxylation sites is 1. The highest BCUT2D eigenvalue weighted by Crippen LogP contribution is 2.20. The lowest BCUT2D eigenvalue weighted by atomic mass is 9.98. The fraction of sp³-hybridized carbons (Fsp3) is 0.312. The normalized spacial score (nSPS) is 20.4. The SMILES string of the molecule is Cc1nn(-c2ccccc2)cc1C(=O)NC1(C(=O)O)CCOC1. The lowest BCUT2D eigenvalue weighted by molar-refractivity contribution is -0.144. The average Bonchev–Trinajstić information content (AvgIpc) is 3.16. The third-order valence-corrected chi connectivity index (χ3v) is 3.95. The lowest BCUT2D eigenvalue weighted by Gasteiger charge is -2.23. The zero-order chi connectivity index (χ0) is 16.4. The van der Waals surface area contributed by atoms with Gasteiger partial charge in [-0.25, -0.2) is 9.48 Å². The molecule has 1 aromatic heterocycles. The quantitative estimate of drug-likeness (QED) is 0.883. The number of aliphatic carboxylic acids is 1. The summed E-state index contributed by atoms with van der Waals surface area (Å²) < 4.78 is 6.75. The molecular weight excluding hydrogens is 298 g/mol. The number of rotatable bonds is 4. The molecule has 0 spiro atoms. The van der Waals surface area contributed by atoms with E-state index in [1.54, 1.807) is 17.8 Å². The van der Waals surface area contributed by atoms with E-state index in [9.17, 15) is 14.7 Å². The van der Waals surface area contributed by atoms with Crippen molar-refractivity contribution in [2.45, 2.75) is 18.9 Å². The molecule has 1 atom stereocenters. The molecule has 23 heavy (non-hydrogen) atoms. The molecule has 1 aliphatic rings.